The van der Waals surface area contributed by atoms with Crippen molar-refractivity contribution in [3.8, 4) is 11.3 Å². The Morgan fingerprint density at radius 2 is 2.07 bits per heavy atom. The number of carbonyl (C=O) groups is 1. The summed E-state index contributed by atoms with van der Waals surface area (Å²) in [5.41, 5.74) is 1.78. The Hall–Kier alpha value is -1.74. The van der Waals surface area contributed by atoms with Crippen molar-refractivity contribution in [1.29, 1.82) is 0 Å². The largest absolute Gasteiger partial charge is 0.276 e. The average Bonchev–Trinajstić information content (AvgIpc) is 2.30. The van der Waals surface area contributed by atoms with E-state index < -0.39 is 5.24 Å². The topological polar surface area (TPSA) is 42.9 Å². The van der Waals surface area contributed by atoms with Crippen molar-refractivity contribution >= 4 is 16.8 Å². The van der Waals surface area contributed by atoms with Gasteiger partial charge in [-0.15, -0.1) is 0 Å². The summed E-state index contributed by atoms with van der Waals surface area (Å²) in [6.45, 7) is 0. The lowest BCUT2D eigenvalue weighted by atomic mass is 10.1. The second-order valence-electron chi connectivity index (χ2n) is 2.91. The number of aromatic nitrogens is 2. The number of pyridine rings is 2. The second-order valence-corrected chi connectivity index (χ2v) is 3.25. The van der Waals surface area contributed by atoms with Gasteiger partial charge in [0.05, 0.1) is 11.3 Å². The predicted octanol–water partition coefficient (Wildman–Crippen LogP) is 2.52. The highest BCUT2D eigenvalue weighted by Crippen LogP contribution is 2.21. The summed E-state index contributed by atoms with van der Waals surface area (Å²) in [6.07, 6.45) is 4.71. The first kappa shape index (κ1) is 9.80. The molecule has 0 bridgehead atoms. The summed E-state index contributed by atoms with van der Waals surface area (Å²) in [7, 11) is 0. The maximum Gasteiger partial charge on any atom is 0.254 e. The lowest BCUT2D eigenvalue weighted by Crippen LogP contribution is -1.95. The molecule has 0 atom stereocenters. The zero-order chi connectivity index (χ0) is 10.7. The maximum atomic E-state index is 11.1. The average molecular weight is 219 g/mol. The third kappa shape index (κ3) is 2.02. The highest BCUT2D eigenvalue weighted by Gasteiger charge is 2.10. The number of nitrogens with zero attached hydrogens (tertiary/aromatic N) is 2. The van der Waals surface area contributed by atoms with Gasteiger partial charge >= 0.3 is 0 Å². The summed E-state index contributed by atoms with van der Waals surface area (Å²) in [5, 5.41) is -0.524. The van der Waals surface area contributed by atoms with Gasteiger partial charge in [0.2, 0.25) is 0 Å². The zero-order valence-corrected chi connectivity index (χ0v) is 8.48. The number of rotatable bonds is 2. The van der Waals surface area contributed by atoms with Crippen LogP contribution < -0.4 is 0 Å². The molecule has 3 nitrogen and oxygen atoms in total. The molecular formula is C11H7ClN2O. The molecule has 2 aromatic heterocycles. The number of hydrogen-bond acceptors (Lipinski definition) is 3. The molecule has 0 spiro atoms. The highest BCUT2D eigenvalue weighted by molar-refractivity contribution is 6.68. The van der Waals surface area contributed by atoms with Gasteiger partial charge in [-0.3, -0.25) is 14.8 Å². The Morgan fingerprint density at radius 1 is 1.20 bits per heavy atom. The Morgan fingerprint density at radius 3 is 2.73 bits per heavy atom. The fourth-order valence-corrected chi connectivity index (χ4v) is 1.45. The predicted molar refractivity (Wildman–Crippen MR) is 57.7 cm³/mol. The summed E-state index contributed by atoms with van der Waals surface area (Å²) in [4.78, 5) is 19.1. The smallest absolute Gasteiger partial charge is 0.254 e. The van der Waals surface area contributed by atoms with Gasteiger partial charge in [0.1, 0.15) is 0 Å². The van der Waals surface area contributed by atoms with E-state index in [9.17, 15) is 4.79 Å². The van der Waals surface area contributed by atoms with E-state index in [1.165, 1.54) is 6.20 Å². The molecule has 0 aromatic carbocycles. The van der Waals surface area contributed by atoms with Crippen LogP contribution in [-0.4, -0.2) is 15.2 Å². The van der Waals surface area contributed by atoms with E-state index in [0.717, 1.165) is 0 Å². The minimum absolute atomic E-state index is 0.373. The SMILES string of the molecule is O=C(Cl)c1cnccc1-c1ccccn1. The molecule has 0 saturated carbocycles. The van der Waals surface area contributed by atoms with E-state index >= 15 is 0 Å². The summed E-state index contributed by atoms with van der Waals surface area (Å²) in [6, 6.07) is 7.20. The van der Waals surface area contributed by atoms with Crippen LogP contribution in [0.15, 0.2) is 42.9 Å². The third-order valence-electron chi connectivity index (χ3n) is 1.97. The summed E-state index contributed by atoms with van der Waals surface area (Å²) in [5.74, 6) is 0. The van der Waals surface area contributed by atoms with Crippen molar-refractivity contribution in [3.05, 3.63) is 48.4 Å². The molecule has 4 heteroatoms. The van der Waals surface area contributed by atoms with Crippen molar-refractivity contribution < 1.29 is 4.79 Å². The van der Waals surface area contributed by atoms with E-state index in [2.05, 4.69) is 9.97 Å². The van der Waals surface area contributed by atoms with Gasteiger partial charge in [0.25, 0.3) is 5.24 Å². The van der Waals surface area contributed by atoms with Gasteiger partial charge in [0.15, 0.2) is 0 Å². The molecular weight excluding hydrogens is 212 g/mol. The van der Waals surface area contributed by atoms with Gasteiger partial charge in [0, 0.05) is 24.2 Å². The summed E-state index contributed by atoms with van der Waals surface area (Å²) >= 11 is 5.45. The van der Waals surface area contributed by atoms with Crippen LogP contribution in [0.1, 0.15) is 10.4 Å². The molecule has 0 aliphatic carbocycles. The first-order valence-electron chi connectivity index (χ1n) is 4.34. The molecule has 0 aliphatic heterocycles. The number of carbonyl (C=O) groups excluding carboxylic acids is 1. The van der Waals surface area contributed by atoms with Gasteiger partial charge in [-0.25, -0.2) is 0 Å². The van der Waals surface area contributed by atoms with Crippen LogP contribution in [0.4, 0.5) is 0 Å². The first-order chi connectivity index (χ1) is 7.29. The van der Waals surface area contributed by atoms with E-state index in [4.69, 9.17) is 11.6 Å². The molecule has 15 heavy (non-hydrogen) atoms. The Kier molecular flexibility index (Phi) is 2.74. The van der Waals surface area contributed by atoms with Crippen molar-refractivity contribution in [3.63, 3.8) is 0 Å². The molecule has 2 aromatic rings. The highest BCUT2D eigenvalue weighted by atomic mass is 35.5. The molecule has 0 unspecified atom stereocenters. The lowest BCUT2D eigenvalue weighted by molar-refractivity contribution is 0.108. The van der Waals surface area contributed by atoms with Crippen LogP contribution in [0.3, 0.4) is 0 Å². The Bertz CT molecular complexity index is 485. The van der Waals surface area contributed by atoms with Crippen molar-refractivity contribution in [2.75, 3.05) is 0 Å². The monoisotopic (exact) mass is 218 g/mol. The quantitative estimate of drug-likeness (QED) is 0.728. The lowest BCUT2D eigenvalue weighted by Gasteiger charge is -2.03. The van der Waals surface area contributed by atoms with Gasteiger partial charge < -0.3 is 0 Å². The van der Waals surface area contributed by atoms with Crippen LogP contribution in [0.2, 0.25) is 0 Å². The van der Waals surface area contributed by atoms with E-state index in [0.29, 0.717) is 16.8 Å². The number of halogens is 1. The molecule has 0 radical (unpaired) electrons. The van der Waals surface area contributed by atoms with Crippen LogP contribution in [0.25, 0.3) is 11.3 Å². The second kappa shape index (κ2) is 4.19. The van der Waals surface area contributed by atoms with Crippen LogP contribution in [0.5, 0.6) is 0 Å². The number of hydrogen-bond donors (Lipinski definition) is 0. The minimum atomic E-state index is -0.524. The zero-order valence-electron chi connectivity index (χ0n) is 7.72. The van der Waals surface area contributed by atoms with Crippen LogP contribution >= 0.6 is 11.6 Å². The summed E-state index contributed by atoms with van der Waals surface area (Å²) < 4.78 is 0. The van der Waals surface area contributed by atoms with Crippen molar-refractivity contribution in [2.45, 2.75) is 0 Å². The molecule has 74 valence electrons. The first-order valence-corrected chi connectivity index (χ1v) is 4.72. The van der Waals surface area contributed by atoms with Crippen molar-refractivity contribution in [2.24, 2.45) is 0 Å². The fourth-order valence-electron chi connectivity index (χ4n) is 1.30. The van der Waals surface area contributed by atoms with Gasteiger partial charge in [-0.05, 0) is 29.8 Å². The molecule has 2 heterocycles. The van der Waals surface area contributed by atoms with Gasteiger partial charge in [-0.2, -0.15) is 0 Å². The van der Waals surface area contributed by atoms with Crippen LogP contribution in [0, 0.1) is 0 Å². The molecule has 0 fully saturated rings. The van der Waals surface area contributed by atoms with E-state index in [-0.39, 0.29) is 0 Å². The third-order valence-corrected chi connectivity index (χ3v) is 2.18. The minimum Gasteiger partial charge on any atom is -0.276 e. The van der Waals surface area contributed by atoms with Crippen molar-refractivity contribution in [1.82, 2.24) is 9.97 Å². The molecule has 0 aliphatic rings. The Balaban J connectivity index is 2.58. The van der Waals surface area contributed by atoms with Crippen LogP contribution in [-0.2, 0) is 0 Å². The van der Waals surface area contributed by atoms with Gasteiger partial charge in [-0.1, -0.05) is 6.07 Å². The Labute approximate surface area is 91.8 Å². The molecule has 2 rings (SSSR count). The van der Waals surface area contributed by atoms with E-state index in [1.54, 1.807) is 18.5 Å². The fraction of sp³-hybridized carbons (Fsp3) is 0. The molecule has 0 amide bonds. The normalized spacial score (nSPS) is 9.93. The molecule has 0 N–H and O–H groups in total. The molecule has 0 saturated heterocycles. The maximum absolute atomic E-state index is 11.1. The standard InChI is InChI=1S/C11H7ClN2O/c12-11(15)9-7-13-6-4-8(9)10-3-1-2-5-14-10/h1-7H. The van der Waals surface area contributed by atoms with E-state index in [1.807, 2.05) is 18.2 Å².